The van der Waals surface area contributed by atoms with Gasteiger partial charge < -0.3 is 23.3 Å². The molecule has 1 aromatic heterocycles. The molecular weight excluding hydrogens is 447 g/mol. The van der Waals surface area contributed by atoms with Gasteiger partial charge in [-0.15, -0.1) is 0 Å². The predicted molar refractivity (Wildman–Crippen MR) is 105 cm³/mol. The van der Waals surface area contributed by atoms with Crippen LogP contribution in [-0.4, -0.2) is 58.8 Å². The van der Waals surface area contributed by atoms with Crippen LogP contribution in [0, 0.1) is 0 Å². The summed E-state index contributed by atoms with van der Waals surface area (Å²) in [4.78, 5) is 49.0. The lowest BCUT2D eigenvalue weighted by atomic mass is 10.1. The Balaban J connectivity index is 1.90. The Labute approximate surface area is 173 Å². The van der Waals surface area contributed by atoms with Crippen LogP contribution < -0.4 is 11.2 Å². The molecule has 29 heavy (non-hydrogen) atoms. The minimum Gasteiger partial charge on any atom is -0.456 e. The van der Waals surface area contributed by atoms with Gasteiger partial charge >= 0.3 is 17.6 Å². The van der Waals surface area contributed by atoms with E-state index in [1.165, 1.54) is 31.4 Å². The zero-order chi connectivity index (χ0) is 21.2. The van der Waals surface area contributed by atoms with Gasteiger partial charge in [-0.3, -0.25) is 23.9 Å². The lowest BCUT2D eigenvalue weighted by Gasteiger charge is -2.24. The Hall–Kier alpha value is -1.50. The van der Waals surface area contributed by atoms with Crippen LogP contribution in [0.15, 0.2) is 21.9 Å². The average Bonchev–Trinajstić information content (AvgIpc) is 3.18. The van der Waals surface area contributed by atoms with E-state index in [1.807, 2.05) is 0 Å². The number of nitrogens with zero attached hydrogens (tertiary/aromatic N) is 1. The van der Waals surface area contributed by atoms with Gasteiger partial charge in [-0.1, -0.05) is 11.4 Å². The number of carbonyl (C=O) groups is 2. The van der Waals surface area contributed by atoms with Crippen LogP contribution in [0.25, 0.3) is 0 Å². The number of rotatable bonds is 6. The number of H-pyrrole nitrogens is 1. The molecule has 0 bridgehead atoms. The Morgan fingerprint density at radius 3 is 2.59 bits per heavy atom. The molecule has 1 aromatic rings. The molecule has 2 aliphatic rings. The van der Waals surface area contributed by atoms with Crippen molar-refractivity contribution in [1.82, 2.24) is 9.55 Å². The van der Waals surface area contributed by atoms with Gasteiger partial charge in [0.2, 0.25) is 5.69 Å². The molecule has 5 atom stereocenters. The highest BCUT2D eigenvalue weighted by atomic mass is 32.9. The van der Waals surface area contributed by atoms with Crippen molar-refractivity contribution in [2.45, 2.75) is 38.4 Å². The van der Waals surface area contributed by atoms with Crippen LogP contribution in [-0.2, 0) is 44.7 Å². The number of nitrogens with one attached hydrogen (secondary N) is 1. The molecule has 160 valence electrons. The van der Waals surface area contributed by atoms with Crippen molar-refractivity contribution in [3.05, 3.63) is 33.1 Å². The van der Waals surface area contributed by atoms with Gasteiger partial charge in [0.25, 0.3) is 5.56 Å². The number of carbonyl (C=O) groups excluding carboxylic acids is 2. The van der Waals surface area contributed by atoms with Crippen molar-refractivity contribution in [3.8, 4) is 0 Å². The van der Waals surface area contributed by atoms with Gasteiger partial charge in [0.15, 0.2) is 18.4 Å². The van der Waals surface area contributed by atoms with Gasteiger partial charge in [-0.25, -0.2) is 4.79 Å². The van der Waals surface area contributed by atoms with Crippen LogP contribution in [0.2, 0.25) is 0 Å². The lowest BCUT2D eigenvalue weighted by Crippen LogP contribution is -2.42. The second kappa shape index (κ2) is 9.11. The van der Waals surface area contributed by atoms with Gasteiger partial charge in [-0.2, -0.15) is 0 Å². The third kappa shape index (κ3) is 5.36. The molecule has 14 heteroatoms. The van der Waals surface area contributed by atoms with E-state index < -0.39 is 53.4 Å². The van der Waals surface area contributed by atoms with Crippen LogP contribution in [0.5, 0.6) is 0 Å². The third-order valence-corrected chi connectivity index (χ3v) is 9.33. The topological polar surface area (TPSA) is 135 Å². The van der Waals surface area contributed by atoms with Crippen LogP contribution in [0.3, 0.4) is 0 Å². The molecule has 2 fully saturated rings. The Bertz CT molecular complexity index is 938. The summed E-state index contributed by atoms with van der Waals surface area (Å²) in [5.41, 5.74) is -3.91. The molecule has 0 amide bonds. The van der Waals surface area contributed by atoms with Crippen LogP contribution >= 0.6 is 17.1 Å². The molecule has 2 aliphatic heterocycles. The molecular formula is C15H19N2O9PS2. The van der Waals surface area contributed by atoms with E-state index in [0.717, 1.165) is 10.6 Å². The number of hydrogen-bond acceptors (Lipinski definition) is 11. The van der Waals surface area contributed by atoms with Crippen LogP contribution in [0.4, 0.5) is 0 Å². The van der Waals surface area contributed by atoms with Gasteiger partial charge in [-0.05, 0) is 11.8 Å². The number of aromatic nitrogens is 2. The molecule has 0 aromatic carbocycles. The van der Waals surface area contributed by atoms with E-state index in [-0.39, 0.29) is 6.61 Å². The molecule has 0 radical (unpaired) electrons. The first-order valence-electron chi connectivity index (χ1n) is 8.53. The van der Waals surface area contributed by atoms with Crippen molar-refractivity contribution >= 4 is 40.8 Å². The molecule has 3 heterocycles. The molecule has 11 nitrogen and oxygen atoms in total. The second-order valence-corrected chi connectivity index (χ2v) is 12.6. The SMILES string of the molecule is CC(=O)O[C@@H]1[C@H](OC(C)=O)[C@@H](COP2(=S)OCCS2)O[C@H]1n1ccc(=O)[nH]c1=O. The van der Waals surface area contributed by atoms with Gasteiger partial charge in [0.1, 0.15) is 6.10 Å². The number of ether oxygens (including phenoxy) is 3. The zero-order valence-electron chi connectivity index (χ0n) is 15.5. The van der Waals surface area contributed by atoms with E-state index in [1.54, 1.807) is 0 Å². The summed E-state index contributed by atoms with van der Waals surface area (Å²) in [6, 6.07) is 1.12. The second-order valence-electron chi connectivity index (χ2n) is 6.14. The fourth-order valence-corrected chi connectivity index (χ4v) is 7.12. The molecule has 1 N–H and O–H groups in total. The Morgan fingerprint density at radius 2 is 2.00 bits per heavy atom. The van der Waals surface area contributed by atoms with E-state index in [9.17, 15) is 19.2 Å². The summed E-state index contributed by atoms with van der Waals surface area (Å²) in [6.07, 6.45) is -3.05. The maximum Gasteiger partial charge on any atom is 0.330 e. The fraction of sp³-hybridized carbons (Fsp3) is 0.600. The molecule has 3 rings (SSSR count). The number of esters is 2. The standard InChI is InChI=1S/C15H19N2O9PS2/c1-8(18)24-12-10(7-23-27(28)22-5-6-29-27)26-14(13(12)25-9(2)19)17-4-3-11(20)16-15(17)21/h3-4,10,12-14H,5-7H2,1-2H3,(H,16,20,21)/t10-,12-,13-,14-,27?/m1/s1. The Morgan fingerprint density at radius 1 is 1.31 bits per heavy atom. The zero-order valence-corrected chi connectivity index (χ0v) is 18.0. The minimum absolute atomic E-state index is 0.103. The largest absolute Gasteiger partial charge is 0.456 e. The van der Waals surface area contributed by atoms with E-state index in [0.29, 0.717) is 12.4 Å². The first-order chi connectivity index (χ1) is 13.7. The maximum atomic E-state index is 12.2. The molecule has 0 spiro atoms. The number of aromatic amines is 1. The van der Waals surface area contributed by atoms with E-state index in [2.05, 4.69) is 4.98 Å². The molecule has 0 aliphatic carbocycles. The highest BCUT2D eigenvalue weighted by Gasteiger charge is 2.51. The number of hydrogen-bond donors (Lipinski definition) is 1. The summed E-state index contributed by atoms with van der Waals surface area (Å²) in [6.45, 7) is 2.74. The van der Waals surface area contributed by atoms with Gasteiger partial charge in [0.05, 0.1) is 13.2 Å². The third-order valence-electron chi connectivity index (χ3n) is 3.99. The first-order valence-corrected chi connectivity index (χ1v) is 12.8. The molecule has 1 unspecified atom stereocenters. The smallest absolute Gasteiger partial charge is 0.330 e. The van der Waals surface area contributed by atoms with E-state index in [4.69, 9.17) is 35.1 Å². The van der Waals surface area contributed by atoms with Crippen molar-refractivity contribution in [2.75, 3.05) is 19.0 Å². The van der Waals surface area contributed by atoms with Crippen molar-refractivity contribution in [2.24, 2.45) is 0 Å². The Kier molecular flexibility index (Phi) is 6.97. The molecule has 2 saturated heterocycles. The van der Waals surface area contributed by atoms with E-state index >= 15 is 0 Å². The van der Waals surface area contributed by atoms with Crippen molar-refractivity contribution < 1.29 is 32.8 Å². The highest BCUT2D eigenvalue weighted by Crippen LogP contribution is 2.64. The summed E-state index contributed by atoms with van der Waals surface area (Å²) in [5, 5.41) is 0. The van der Waals surface area contributed by atoms with Crippen molar-refractivity contribution in [1.29, 1.82) is 0 Å². The molecule has 0 saturated carbocycles. The maximum absolute atomic E-state index is 12.2. The summed E-state index contributed by atoms with van der Waals surface area (Å²) in [7, 11) is 0. The summed E-state index contributed by atoms with van der Waals surface area (Å²) < 4.78 is 28.8. The average molecular weight is 466 g/mol. The quantitative estimate of drug-likeness (QED) is 0.458. The van der Waals surface area contributed by atoms with Crippen LogP contribution in [0.1, 0.15) is 20.1 Å². The predicted octanol–water partition coefficient (Wildman–Crippen LogP) is 0.302. The summed E-state index contributed by atoms with van der Waals surface area (Å²) in [5.74, 6) is -0.590. The summed E-state index contributed by atoms with van der Waals surface area (Å²) >= 11 is 6.77. The highest BCUT2D eigenvalue weighted by molar-refractivity contribution is 8.68. The first kappa shape index (κ1) is 22.2. The monoisotopic (exact) mass is 466 g/mol. The minimum atomic E-state index is -2.53. The lowest BCUT2D eigenvalue weighted by molar-refractivity contribution is -0.165. The normalized spacial score (nSPS) is 31.5. The van der Waals surface area contributed by atoms with Gasteiger partial charge in [0, 0.05) is 31.9 Å². The fourth-order valence-electron chi connectivity index (χ4n) is 2.92. The van der Waals surface area contributed by atoms with Crippen molar-refractivity contribution in [3.63, 3.8) is 0 Å².